The molecule has 132 valence electrons. The van der Waals surface area contributed by atoms with Crippen LogP contribution in [0.3, 0.4) is 0 Å². The van der Waals surface area contributed by atoms with E-state index < -0.39 is 39.7 Å². The molecule has 0 saturated carbocycles. The number of nitrogens with zero attached hydrogens (tertiary/aromatic N) is 1. The fraction of sp³-hybridized carbons (Fsp3) is 0.385. The van der Waals surface area contributed by atoms with Crippen molar-refractivity contribution in [3.63, 3.8) is 0 Å². The van der Waals surface area contributed by atoms with E-state index in [9.17, 15) is 26.4 Å². The zero-order chi connectivity index (χ0) is 18.4. The number of carbonyl (C=O) groups excluding carboxylic acids is 1. The summed E-state index contributed by atoms with van der Waals surface area (Å²) >= 11 is 0. The average molecular weight is 364 g/mol. The number of alkyl halides is 3. The minimum absolute atomic E-state index is 0.248. The first-order chi connectivity index (χ1) is 11.0. The number of benzene rings is 1. The van der Waals surface area contributed by atoms with Gasteiger partial charge < -0.3 is 15.8 Å². The molecule has 0 unspecified atom stereocenters. The molecule has 0 bridgehead atoms. The first-order valence-electron chi connectivity index (χ1n) is 6.49. The highest BCUT2D eigenvalue weighted by atomic mass is 32.2. The van der Waals surface area contributed by atoms with Crippen LogP contribution < -0.4 is 10.1 Å². The van der Waals surface area contributed by atoms with Crippen molar-refractivity contribution in [1.82, 2.24) is 5.32 Å². The maximum Gasteiger partial charge on any atom is 0.573 e. The van der Waals surface area contributed by atoms with E-state index in [0.29, 0.717) is 0 Å². The third kappa shape index (κ3) is 6.43. The van der Waals surface area contributed by atoms with Crippen molar-refractivity contribution in [3.05, 3.63) is 30.0 Å². The normalized spacial score (nSPS) is 13.0. The average Bonchev–Trinajstić information content (AvgIpc) is 2.49. The summed E-state index contributed by atoms with van der Waals surface area (Å²) in [5.74, 6) is -1.88. The molecule has 1 rings (SSSR count). The van der Waals surface area contributed by atoms with Gasteiger partial charge in [0, 0.05) is 0 Å². The molecular formula is C13H13F3N3O4S-. The predicted octanol–water partition coefficient (Wildman–Crippen LogP) is 1.81. The van der Waals surface area contributed by atoms with E-state index in [2.05, 4.69) is 10.1 Å². The van der Waals surface area contributed by atoms with Gasteiger partial charge in [-0.05, 0) is 30.7 Å². The fourth-order valence-corrected chi connectivity index (χ4v) is 2.95. The van der Waals surface area contributed by atoms with E-state index in [1.54, 1.807) is 6.07 Å². The Morgan fingerprint density at radius 3 is 2.42 bits per heavy atom. The number of hydrogen-bond acceptors (Lipinski definition) is 5. The van der Waals surface area contributed by atoms with E-state index in [4.69, 9.17) is 11.0 Å². The van der Waals surface area contributed by atoms with Gasteiger partial charge in [-0.2, -0.15) is 5.26 Å². The van der Waals surface area contributed by atoms with Crippen LogP contribution in [0.1, 0.15) is 6.42 Å². The quantitative estimate of drug-likeness (QED) is 0.740. The molecule has 7 nitrogen and oxygen atoms in total. The molecule has 0 aliphatic rings. The number of ether oxygens (including phenoxy) is 1. The van der Waals surface area contributed by atoms with Crippen LogP contribution in [0.15, 0.2) is 29.2 Å². The third-order valence-electron chi connectivity index (χ3n) is 2.75. The summed E-state index contributed by atoms with van der Waals surface area (Å²) in [7, 11) is -3.87. The van der Waals surface area contributed by atoms with Crippen molar-refractivity contribution >= 4 is 15.7 Å². The van der Waals surface area contributed by atoms with Crippen LogP contribution in [0, 0.1) is 11.3 Å². The summed E-state index contributed by atoms with van der Waals surface area (Å²) in [4.78, 5) is 11.1. The molecule has 2 N–H and O–H groups in total. The lowest BCUT2D eigenvalue weighted by Gasteiger charge is -2.18. The summed E-state index contributed by atoms with van der Waals surface area (Å²) < 4.78 is 63.8. The van der Waals surface area contributed by atoms with Gasteiger partial charge in [0.15, 0.2) is 9.84 Å². The van der Waals surface area contributed by atoms with E-state index in [1.165, 1.54) is 0 Å². The number of carbonyl (C=O) groups is 1. The Morgan fingerprint density at radius 1 is 1.33 bits per heavy atom. The Balaban J connectivity index is 2.69. The van der Waals surface area contributed by atoms with Crippen LogP contribution in [-0.2, 0) is 14.6 Å². The Morgan fingerprint density at radius 2 is 1.92 bits per heavy atom. The van der Waals surface area contributed by atoms with Crippen molar-refractivity contribution in [3.8, 4) is 11.8 Å². The van der Waals surface area contributed by atoms with Crippen LogP contribution in [0.2, 0.25) is 0 Å². The summed E-state index contributed by atoms with van der Waals surface area (Å²) in [5, 5.41) is 10.4. The molecule has 0 fully saturated rings. The molecule has 0 aliphatic heterocycles. The number of hydrogen-bond donors (Lipinski definition) is 1. The lowest BCUT2D eigenvalue weighted by molar-refractivity contribution is -0.274. The standard InChI is InChI=1S/C13H13F3N3O4S/c14-13(15,16)23-9-1-3-10(4-2-9)24(21,22)8-5-11(18)12(20)19-7-6-17/h1-4,11,18H,5,7-8H2,(H,19,20)/q-1/t11-/m0/s1. The van der Waals surface area contributed by atoms with Crippen molar-refractivity contribution in [2.45, 2.75) is 23.7 Å². The van der Waals surface area contributed by atoms with Gasteiger partial charge in [-0.3, -0.25) is 4.79 Å². The van der Waals surface area contributed by atoms with E-state index >= 15 is 0 Å². The second-order valence-corrected chi connectivity index (χ2v) is 6.66. The van der Waals surface area contributed by atoms with Gasteiger partial charge in [-0.15, -0.1) is 13.2 Å². The number of amides is 1. The minimum Gasteiger partial charge on any atom is -0.667 e. The van der Waals surface area contributed by atoms with Crippen LogP contribution >= 0.6 is 0 Å². The Kier molecular flexibility index (Phi) is 6.56. The second kappa shape index (κ2) is 7.98. The summed E-state index contributed by atoms with van der Waals surface area (Å²) in [5.41, 5.74) is 7.50. The first-order valence-corrected chi connectivity index (χ1v) is 8.15. The van der Waals surface area contributed by atoms with Gasteiger partial charge in [0.05, 0.1) is 16.7 Å². The summed E-state index contributed by atoms with van der Waals surface area (Å²) in [6.45, 7) is -0.290. The van der Waals surface area contributed by atoms with Gasteiger partial charge in [-0.25, -0.2) is 8.42 Å². The molecule has 1 atom stereocenters. The predicted molar refractivity (Wildman–Crippen MR) is 76.5 cm³/mol. The summed E-state index contributed by atoms with van der Waals surface area (Å²) in [6, 6.07) is 3.89. The first kappa shape index (κ1) is 19.7. The zero-order valence-electron chi connectivity index (χ0n) is 12.1. The molecular weight excluding hydrogens is 351 g/mol. The number of nitriles is 1. The van der Waals surface area contributed by atoms with Gasteiger partial charge in [-0.1, -0.05) is 6.04 Å². The van der Waals surface area contributed by atoms with Crippen LogP contribution in [-0.4, -0.2) is 39.0 Å². The van der Waals surface area contributed by atoms with Crippen molar-refractivity contribution in [2.75, 3.05) is 12.3 Å². The highest BCUT2D eigenvalue weighted by molar-refractivity contribution is 7.91. The number of sulfone groups is 1. The Bertz CT molecular complexity index is 711. The van der Waals surface area contributed by atoms with Gasteiger partial charge in [0.1, 0.15) is 12.3 Å². The van der Waals surface area contributed by atoms with Crippen LogP contribution in [0.25, 0.3) is 5.73 Å². The largest absolute Gasteiger partial charge is 0.667 e. The van der Waals surface area contributed by atoms with Crippen molar-refractivity contribution in [2.24, 2.45) is 0 Å². The molecule has 0 heterocycles. The minimum atomic E-state index is -4.88. The second-order valence-electron chi connectivity index (χ2n) is 4.56. The maximum atomic E-state index is 12.0. The van der Waals surface area contributed by atoms with E-state index in [1.807, 2.05) is 0 Å². The molecule has 11 heteroatoms. The number of nitrogens with one attached hydrogen (secondary N) is 2. The smallest absolute Gasteiger partial charge is 0.573 e. The summed E-state index contributed by atoms with van der Waals surface area (Å²) in [6.07, 6.45) is -5.20. The fourth-order valence-electron chi connectivity index (χ4n) is 1.62. The van der Waals surface area contributed by atoms with Crippen LogP contribution in [0.5, 0.6) is 5.75 Å². The van der Waals surface area contributed by atoms with Crippen molar-refractivity contribution in [1.29, 1.82) is 5.26 Å². The number of rotatable bonds is 7. The molecule has 1 aromatic carbocycles. The van der Waals surface area contributed by atoms with Gasteiger partial charge in [0.2, 0.25) is 5.91 Å². The van der Waals surface area contributed by atoms with Gasteiger partial charge in [0.25, 0.3) is 0 Å². The molecule has 0 saturated heterocycles. The highest BCUT2D eigenvalue weighted by Gasteiger charge is 2.31. The lowest BCUT2D eigenvalue weighted by atomic mass is 10.2. The molecule has 0 aromatic heterocycles. The van der Waals surface area contributed by atoms with E-state index in [0.717, 1.165) is 24.3 Å². The monoisotopic (exact) mass is 364 g/mol. The molecule has 1 aromatic rings. The Labute approximate surface area is 136 Å². The molecule has 24 heavy (non-hydrogen) atoms. The lowest BCUT2D eigenvalue weighted by Crippen LogP contribution is -2.33. The SMILES string of the molecule is N#CCNC(=O)[C@@H]([NH-])CCS(=O)(=O)c1ccc(OC(F)(F)F)cc1. The number of halogens is 3. The third-order valence-corrected chi connectivity index (χ3v) is 4.51. The molecule has 0 radical (unpaired) electrons. The highest BCUT2D eigenvalue weighted by Crippen LogP contribution is 2.24. The topological polar surface area (TPSA) is 120 Å². The molecule has 1 amide bonds. The van der Waals surface area contributed by atoms with Crippen molar-refractivity contribution < 1.29 is 31.1 Å². The Hall–Kier alpha value is -2.32. The van der Waals surface area contributed by atoms with Crippen LogP contribution in [0.4, 0.5) is 13.2 Å². The molecule has 0 aliphatic carbocycles. The van der Waals surface area contributed by atoms with E-state index in [-0.39, 0.29) is 17.9 Å². The maximum absolute atomic E-state index is 12.0. The van der Waals surface area contributed by atoms with Gasteiger partial charge >= 0.3 is 6.36 Å². The zero-order valence-corrected chi connectivity index (χ0v) is 12.9. The molecule has 0 spiro atoms.